The van der Waals surface area contributed by atoms with Crippen LogP contribution < -0.4 is 10.1 Å². The van der Waals surface area contributed by atoms with Gasteiger partial charge in [-0.05, 0) is 54.6 Å². The molecular formula is C23H19NO5S. The van der Waals surface area contributed by atoms with Gasteiger partial charge in [-0.1, -0.05) is 18.2 Å². The first-order chi connectivity index (χ1) is 14.5. The quantitative estimate of drug-likeness (QED) is 0.407. The Kier molecular flexibility index (Phi) is 6.87. The molecule has 0 aliphatic carbocycles. The fourth-order valence-corrected chi connectivity index (χ4v) is 3.59. The van der Waals surface area contributed by atoms with Gasteiger partial charge in [-0.3, -0.25) is 9.59 Å². The summed E-state index contributed by atoms with van der Waals surface area (Å²) in [6, 6.07) is 20.0. The number of benzene rings is 3. The maximum absolute atomic E-state index is 12.5. The van der Waals surface area contributed by atoms with Crippen molar-refractivity contribution < 1.29 is 24.2 Å². The molecule has 1 amide bonds. The predicted molar refractivity (Wildman–Crippen MR) is 116 cm³/mol. The van der Waals surface area contributed by atoms with E-state index in [1.54, 1.807) is 61.7 Å². The summed E-state index contributed by atoms with van der Waals surface area (Å²) >= 11 is 1.35. The zero-order valence-corrected chi connectivity index (χ0v) is 16.9. The zero-order chi connectivity index (χ0) is 21.5. The molecule has 0 saturated heterocycles. The van der Waals surface area contributed by atoms with E-state index in [-0.39, 0.29) is 22.7 Å². The van der Waals surface area contributed by atoms with Gasteiger partial charge in [-0.15, -0.1) is 11.8 Å². The Labute approximate surface area is 177 Å². The van der Waals surface area contributed by atoms with Crippen LogP contribution in [0.25, 0.3) is 0 Å². The van der Waals surface area contributed by atoms with Crippen LogP contribution in [0.2, 0.25) is 0 Å². The Hall–Kier alpha value is -3.58. The van der Waals surface area contributed by atoms with Crippen molar-refractivity contribution in [2.24, 2.45) is 0 Å². The summed E-state index contributed by atoms with van der Waals surface area (Å²) < 4.78 is 5.09. The number of ketones is 1. The molecule has 2 N–H and O–H groups in total. The number of methoxy groups -OCH3 is 1. The van der Waals surface area contributed by atoms with Crippen LogP contribution in [0.3, 0.4) is 0 Å². The van der Waals surface area contributed by atoms with Gasteiger partial charge in [0.15, 0.2) is 5.78 Å². The molecule has 3 aromatic carbocycles. The van der Waals surface area contributed by atoms with Crippen LogP contribution in [-0.2, 0) is 0 Å². The summed E-state index contributed by atoms with van der Waals surface area (Å²) in [5.41, 5.74) is 1.13. The number of nitrogens with one attached hydrogen (secondary N) is 1. The van der Waals surface area contributed by atoms with E-state index < -0.39 is 11.9 Å². The summed E-state index contributed by atoms with van der Waals surface area (Å²) in [4.78, 5) is 37.0. The first-order valence-corrected chi connectivity index (χ1v) is 10.0. The lowest BCUT2D eigenvalue weighted by Crippen LogP contribution is -2.16. The highest BCUT2D eigenvalue weighted by molar-refractivity contribution is 8.00. The van der Waals surface area contributed by atoms with Crippen LogP contribution in [0.4, 0.5) is 5.69 Å². The number of Topliss-reactive ketones (excluding diaryl/α,β-unsaturated/α-hetero) is 1. The van der Waals surface area contributed by atoms with Crippen LogP contribution in [0.1, 0.15) is 31.1 Å². The second kappa shape index (κ2) is 9.76. The van der Waals surface area contributed by atoms with Crippen molar-refractivity contribution in [1.82, 2.24) is 0 Å². The number of hydrogen-bond acceptors (Lipinski definition) is 5. The smallest absolute Gasteiger partial charge is 0.336 e. The Morgan fingerprint density at radius 1 is 0.933 bits per heavy atom. The number of carbonyl (C=O) groups is 3. The van der Waals surface area contributed by atoms with E-state index in [2.05, 4.69) is 5.32 Å². The van der Waals surface area contributed by atoms with Crippen molar-refractivity contribution in [3.05, 3.63) is 89.5 Å². The average molecular weight is 421 g/mol. The van der Waals surface area contributed by atoms with Crippen molar-refractivity contribution in [3.8, 4) is 5.75 Å². The van der Waals surface area contributed by atoms with Crippen molar-refractivity contribution in [1.29, 1.82) is 0 Å². The molecule has 0 heterocycles. The third-order valence-electron chi connectivity index (χ3n) is 4.28. The van der Waals surface area contributed by atoms with Crippen LogP contribution in [0.5, 0.6) is 5.75 Å². The fraction of sp³-hybridized carbons (Fsp3) is 0.0870. The van der Waals surface area contributed by atoms with Gasteiger partial charge in [-0.25, -0.2) is 4.79 Å². The maximum Gasteiger partial charge on any atom is 0.336 e. The zero-order valence-electron chi connectivity index (χ0n) is 16.1. The molecule has 3 aromatic rings. The van der Waals surface area contributed by atoms with Crippen molar-refractivity contribution in [2.75, 3.05) is 18.2 Å². The topological polar surface area (TPSA) is 92.7 Å². The fourth-order valence-electron chi connectivity index (χ4n) is 2.74. The standard InChI is InChI=1S/C23H19NO5S/c1-29-17-11-9-15(10-12-17)21(25)14-30-18-6-4-5-16(13-18)24-22(26)19-7-2-3-8-20(19)23(27)28/h2-13H,14H2,1H3,(H,24,26)(H,27,28). The number of carbonyl (C=O) groups excluding carboxylic acids is 2. The van der Waals surface area contributed by atoms with Gasteiger partial charge in [0.2, 0.25) is 0 Å². The summed E-state index contributed by atoms with van der Waals surface area (Å²) in [5, 5.41) is 12.0. The minimum Gasteiger partial charge on any atom is -0.497 e. The molecule has 0 spiro atoms. The van der Waals surface area contributed by atoms with Crippen molar-refractivity contribution in [3.63, 3.8) is 0 Å². The summed E-state index contributed by atoms with van der Waals surface area (Å²) in [7, 11) is 1.57. The van der Waals surface area contributed by atoms with E-state index in [0.29, 0.717) is 17.0 Å². The van der Waals surface area contributed by atoms with Gasteiger partial charge in [0, 0.05) is 16.1 Å². The molecule has 3 rings (SSSR count). The van der Waals surface area contributed by atoms with E-state index >= 15 is 0 Å². The lowest BCUT2D eigenvalue weighted by Gasteiger charge is -2.09. The largest absolute Gasteiger partial charge is 0.497 e. The minimum atomic E-state index is -1.16. The van der Waals surface area contributed by atoms with Crippen LogP contribution >= 0.6 is 11.8 Å². The Bertz CT molecular complexity index is 1080. The summed E-state index contributed by atoms with van der Waals surface area (Å²) in [6.45, 7) is 0. The molecule has 0 saturated carbocycles. The molecule has 152 valence electrons. The van der Waals surface area contributed by atoms with Crippen LogP contribution in [0.15, 0.2) is 77.7 Å². The second-order valence-electron chi connectivity index (χ2n) is 6.27. The van der Waals surface area contributed by atoms with Gasteiger partial charge in [0.05, 0.1) is 24.0 Å². The number of thioether (sulfide) groups is 1. The lowest BCUT2D eigenvalue weighted by atomic mass is 10.1. The number of ether oxygens (including phenoxy) is 1. The number of aromatic carboxylic acids is 1. The predicted octanol–water partition coefficient (Wildman–Crippen LogP) is 4.62. The second-order valence-corrected chi connectivity index (χ2v) is 7.32. The molecule has 0 unspecified atom stereocenters. The molecule has 0 radical (unpaired) electrons. The first-order valence-electron chi connectivity index (χ1n) is 9.01. The molecule has 0 fully saturated rings. The Balaban J connectivity index is 1.65. The third-order valence-corrected chi connectivity index (χ3v) is 5.27. The average Bonchev–Trinajstić information content (AvgIpc) is 2.77. The molecule has 0 aromatic heterocycles. The first kappa shape index (κ1) is 21.1. The van der Waals surface area contributed by atoms with Gasteiger partial charge in [-0.2, -0.15) is 0 Å². The molecular weight excluding hydrogens is 402 g/mol. The number of carboxylic acids is 1. The SMILES string of the molecule is COc1ccc(C(=O)CSc2cccc(NC(=O)c3ccccc3C(=O)O)c2)cc1. The van der Waals surface area contributed by atoms with Crippen molar-refractivity contribution in [2.45, 2.75) is 4.90 Å². The monoisotopic (exact) mass is 421 g/mol. The number of rotatable bonds is 8. The van der Waals surface area contributed by atoms with Gasteiger partial charge < -0.3 is 15.2 Å². The third kappa shape index (κ3) is 5.27. The van der Waals surface area contributed by atoms with Gasteiger partial charge >= 0.3 is 5.97 Å². The highest BCUT2D eigenvalue weighted by Gasteiger charge is 2.16. The molecule has 0 aliphatic rings. The minimum absolute atomic E-state index is 0.0209. The molecule has 7 heteroatoms. The van der Waals surface area contributed by atoms with E-state index in [0.717, 1.165) is 4.90 Å². The molecule has 0 bridgehead atoms. The Morgan fingerprint density at radius 3 is 2.30 bits per heavy atom. The molecule has 0 atom stereocenters. The number of amides is 1. The Morgan fingerprint density at radius 2 is 1.63 bits per heavy atom. The normalized spacial score (nSPS) is 10.3. The molecule has 6 nitrogen and oxygen atoms in total. The van der Waals surface area contributed by atoms with E-state index in [1.807, 2.05) is 6.07 Å². The summed E-state index contributed by atoms with van der Waals surface area (Å²) in [5.74, 6) is -0.767. The van der Waals surface area contributed by atoms with E-state index in [1.165, 1.54) is 23.9 Å². The van der Waals surface area contributed by atoms with Crippen LogP contribution in [-0.4, -0.2) is 35.6 Å². The molecule has 0 aliphatic heterocycles. The number of anilines is 1. The number of hydrogen-bond donors (Lipinski definition) is 2. The highest BCUT2D eigenvalue weighted by atomic mass is 32.2. The van der Waals surface area contributed by atoms with Gasteiger partial charge in [0.25, 0.3) is 5.91 Å². The van der Waals surface area contributed by atoms with Gasteiger partial charge in [0.1, 0.15) is 5.75 Å². The maximum atomic E-state index is 12.5. The summed E-state index contributed by atoms with van der Waals surface area (Å²) in [6.07, 6.45) is 0. The molecule has 30 heavy (non-hydrogen) atoms. The lowest BCUT2D eigenvalue weighted by molar-refractivity contribution is 0.0692. The number of carboxylic acid groups (broad SMARTS) is 1. The van der Waals surface area contributed by atoms with Crippen molar-refractivity contribution >= 4 is 35.1 Å². The van der Waals surface area contributed by atoms with E-state index in [9.17, 15) is 19.5 Å². The van der Waals surface area contributed by atoms with Crippen LogP contribution in [0, 0.1) is 0 Å². The van der Waals surface area contributed by atoms with E-state index in [4.69, 9.17) is 4.74 Å². The highest BCUT2D eigenvalue weighted by Crippen LogP contribution is 2.24.